The molecule has 0 amide bonds. The Labute approximate surface area is 110 Å². The fourth-order valence-corrected chi connectivity index (χ4v) is 1.67. The summed E-state index contributed by atoms with van der Waals surface area (Å²) in [5, 5.41) is 11.9. The molecule has 0 aromatic heterocycles. The molecule has 0 bridgehead atoms. The maximum atomic E-state index is 8.55. The average molecular weight is 251 g/mol. The van der Waals surface area contributed by atoms with E-state index in [1.807, 2.05) is 0 Å². The molecule has 0 unspecified atom stereocenters. The summed E-state index contributed by atoms with van der Waals surface area (Å²) in [5.41, 5.74) is 2.85. The van der Waals surface area contributed by atoms with Crippen LogP contribution in [-0.4, -0.2) is 31.5 Å². The third-order valence-electron chi connectivity index (χ3n) is 2.81. The van der Waals surface area contributed by atoms with Gasteiger partial charge in [-0.1, -0.05) is 45.0 Å². The van der Waals surface area contributed by atoms with Crippen LogP contribution in [0.4, 0.5) is 0 Å². The standard InChI is InChI=1S/C15H25NO2/c1-15(2,3)14-6-4-13(5-7-14)12-16-8-10-18-11-9-17/h4-7,16-17H,8-12H2,1-3H3. The van der Waals surface area contributed by atoms with Gasteiger partial charge in [-0.2, -0.15) is 0 Å². The van der Waals surface area contributed by atoms with Crippen molar-refractivity contribution in [2.24, 2.45) is 0 Å². The van der Waals surface area contributed by atoms with Crippen molar-refractivity contribution in [2.75, 3.05) is 26.4 Å². The number of benzene rings is 1. The largest absolute Gasteiger partial charge is 0.394 e. The van der Waals surface area contributed by atoms with Gasteiger partial charge in [0.2, 0.25) is 0 Å². The Morgan fingerprint density at radius 1 is 1.11 bits per heavy atom. The van der Waals surface area contributed by atoms with E-state index in [4.69, 9.17) is 9.84 Å². The molecule has 0 atom stereocenters. The van der Waals surface area contributed by atoms with Crippen molar-refractivity contribution in [1.29, 1.82) is 0 Å². The molecular formula is C15H25NO2. The van der Waals surface area contributed by atoms with Gasteiger partial charge in [-0.25, -0.2) is 0 Å². The van der Waals surface area contributed by atoms with Gasteiger partial charge in [0.15, 0.2) is 0 Å². The minimum atomic E-state index is 0.0915. The summed E-state index contributed by atoms with van der Waals surface area (Å²) >= 11 is 0. The normalized spacial score (nSPS) is 11.8. The van der Waals surface area contributed by atoms with E-state index in [0.29, 0.717) is 13.2 Å². The number of hydrogen-bond acceptors (Lipinski definition) is 3. The predicted molar refractivity (Wildman–Crippen MR) is 74.8 cm³/mol. The van der Waals surface area contributed by atoms with Crippen LogP contribution in [0.25, 0.3) is 0 Å². The van der Waals surface area contributed by atoms with Crippen molar-refractivity contribution in [3.8, 4) is 0 Å². The van der Waals surface area contributed by atoms with Gasteiger partial charge in [-0.15, -0.1) is 0 Å². The molecule has 0 fully saturated rings. The molecule has 0 saturated carbocycles. The van der Waals surface area contributed by atoms with E-state index in [1.165, 1.54) is 11.1 Å². The van der Waals surface area contributed by atoms with Gasteiger partial charge in [0, 0.05) is 13.1 Å². The van der Waals surface area contributed by atoms with E-state index in [9.17, 15) is 0 Å². The lowest BCUT2D eigenvalue weighted by atomic mass is 9.87. The predicted octanol–water partition coefficient (Wildman–Crippen LogP) is 2.08. The van der Waals surface area contributed by atoms with Crippen LogP contribution in [-0.2, 0) is 16.7 Å². The highest BCUT2D eigenvalue weighted by Crippen LogP contribution is 2.21. The topological polar surface area (TPSA) is 41.5 Å². The van der Waals surface area contributed by atoms with Crippen LogP contribution in [0.2, 0.25) is 0 Å². The Morgan fingerprint density at radius 2 is 1.78 bits per heavy atom. The SMILES string of the molecule is CC(C)(C)c1ccc(CNCCOCCO)cc1. The summed E-state index contributed by atoms with van der Waals surface area (Å²) in [6.45, 7) is 9.47. The third-order valence-corrected chi connectivity index (χ3v) is 2.81. The average Bonchev–Trinajstić information content (AvgIpc) is 2.33. The number of aliphatic hydroxyl groups excluding tert-OH is 1. The van der Waals surface area contributed by atoms with Crippen molar-refractivity contribution in [2.45, 2.75) is 32.7 Å². The summed E-state index contributed by atoms with van der Waals surface area (Å²) in [6.07, 6.45) is 0. The molecular weight excluding hydrogens is 226 g/mol. The summed E-state index contributed by atoms with van der Waals surface area (Å²) in [5.74, 6) is 0. The van der Waals surface area contributed by atoms with Crippen molar-refractivity contribution < 1.29 is 9.84 Å². The molecule has 0 aliphatic rings. The zero-order valence-electron chi connectivity index (χ0n) is 11.7. The van der Waals surface area contributed by atoms with Gasteiger partial charge >= 0.3 is 0 Å². The zero-order chi connectivity index (χ0) is 13.4. The maximum Gasteiger partial charge on any atom is 0.0698 e. The molecule has 1 aromatic rings. The number of hydrogen-bond donors (Lipinski definition) is 2. The first-order valence-electron chi connectivity index (χ1n) is 6.53. The van der Waals surface area contributed by atoms with Gasteiger partial charge in [0.1, 0.15) is 0 Å². The summed E-state index contributed by atoms with van der Waals surface area (Å²) in [7, 11) is 0. The van der Waals surface area contributed by atoms with E-state index < -0.39 is 0 Å². The lowest BCUT2D eigenvalue weighted by molar-refractivity contribution is 0.0938. The van der Waals surface area contributed by atoms with E-state index in [2.05, 4.69) is 50.4 Å². The van der Waals surface area contributed by atoms with Gasteiger partial charge in [-0.05, 0) is 16.5 Å². The Kier molecular flexibility index (Phi) is 6.33. The molecule has 0 saturated heterocycles. The Morgan fingerprint density at radius 3 is 2.33 bits per heavy atom. The molecule has 0 radical (unpaired) electrons. The van der Waals surface area contributed by atoms with Crippen molar-refractivity contribution >= 4 is 0 Å². The van der Waals surface area contributed by atoms with E-state index in [1.54, 1.807) is 0 Å². The van der Waals surface area contributed by atoms with Crippen LogP contribution in [0.15, 0.2) is 24.3 Å². The molecule has 18 heavy (non-hydrogen) atoms. The fraction of sp³-hybridized carbons (Fsp3) is 0.600. The molecule has 0 heterocycles. The van der Waals surface area contributed by atoms with Crippen LogP contribution >= 0.6 is 0 Å². The minimum absolute atomic E-state index is 0.0915. The lowest BCUT2D eigenvalue weighted by Gasteiger charge is -2.19. The highest BCUT2D eigenvalue weighted by atomic mass is 16.5. The van der Waals surface area contributed by atoms with E-state index >= 15 is 0 Å². The van der Waals surface area contributed by atoms with E-state index in [0.717, 1.165) is 13.1 Å². The fourth-order valence-electron chi connectivity index (χ4n) is 1.67. The minimum Gasteiger partial charge on any atom is -0.394 e. The second-order valence-electron chi connectivity index (χ2n) is 5.46. The third kappa shape index (κ3) is 5.63. The van der Waals surface area contributed by atoms with Gasteiger partial charge in [-0.3, -0.25) is 0 Å². The van der Waals surface area contributed by atoms with Crippen molar-refractivity contribution in [3.05, 3.63) is 35.4 Å². The molecule has 3 heteroatoms. The van der Waals surface area contributed by atoms with Crippen LogP contribution in [0.5, 0.6) is 0 Å². The summed E-state index contributed by atoms with van der Waals surface area (Å²) < 4.78 is 5.17. The smallest absolute Gasteiger partial charge is 0.0698 e. The summed E-state index contributed by atoms with van der Waals surface area (Å²) in [6, 6.07) is 8.73. The number of rotatable bonds is 7. The number of nitrogens with one attached hydrogen (secondary N) is 1. The van der Waals surface area contributed by atoms with Gasteiger partial charge < -0.3 is 15.2 Å². The Bertz CT molecular complexity index is 327. The molecule has 0 spiro atoms. The molecule has 3 nitrogen and oxygen atoms in total. The van der Waals surface area contributed by atoms with Gasteiger partial charge in [0.05, 0.1) is 19.8 Å². The highest BCUT2D eigenvalue weighted by Gasteiger charge is 2.12. The molecule has 1 aromatic carbocycles. The maximum absolute atomic E-state index is 8.55. The second-order valence-corrected chi connectivity index (χ2v) is 5.46. The first kappa shape index (κ1) is 15.2. The Hall–Kier alpha value is -0.900. The zero-order valence-corrected chi connectivity index (χ0v) is 11.7. The molecule has 102 valence electrons. The van der Waals surface area contributed by atoms with E-state index in [-0.39, 0.29) is 12.0 Å². The second kappa shape index (κ2) is 7.52. The van der Waals surface area contributed by atoms with Crippen molar-refractivity contribution in [3.63, 3.8) is 0 Å². The lowest BCUT2D eigenvalue weighted by Crippen LogP contribution is -2.20. The molecule has 0 aliphatic heterocycles. The van der Waals surface area contributed by atoms with Crippen LogP contribution < -0.4 is 5.32 Å². The molecule has 1 rings (SSSR count). The van der Waals surface area contributed by atoms with Crippen LogP contribution in [0.3, 0.4) is 0 Å². The van der Waals surface area contributed by atoms with Gasteiger partial charge in [0.25, 0.3) is 0 Å². The van der Waals surface area contributed by atoms with Crippen LogP contribution in [0, 0.1) is 0 Å². The molecule has 2 N–H and O–H groups in total. The van der Waals surface area contributed by atoms with Crippen molar-refractivity contribution in [1.82, 2.24) is 5.32 Å². The quantitative estimate of drug-likeness (QED) is 0.729. The highest BCUT2D eigenvalue weighted by molar-refractivity contribution is 5.27. The number of ether oxygens (including phenoxy) is 1. The first-order chi connectivity index (χ1) is 8.54. The Balaban J connectivity index is 2.27. The van der Waals surface area contributed by atoms with Crippen LogP contribution in [0.1, 0.15) is 31.9 Å². The monoisotopic (exact) mass is 251 g/mol. The number of aliphatic hydroxyl groups is 1. The first-order valence-corrected chi connectivity index (χ1v) is 6.53. The molecule has 0 aliphatic carbocycles. The summed E-state index contributed by atoms with van der Waals surface area (Å²) in [4.78, 5) is 0.